The van der Waals surface area contributed by atoms with Crippen LogP contribution in [0.3, 0.4) is 0 Å². The first kappa shape index (κ1) is 22.7. The van der Waals surface area contributed by atoms with Gasteiger partial charge in [-0.2, -0.15) is 13.2 Å². The maximum atomic E-state index is 13.5. The van der Waals surface area contributed by atoms with Gasteiger partial charge in [0.05, 0.1) is 6.42 Å². The van der Waals surface area contributed by atoms with Crippen molar-refractivity contribution < 1.29 is 23.1 Å². The minimum atomic E-state index is -5.01. The molecule has 1 unspecified atom stereocenters. The van der Waals surface area contributed by atoms with Crippen LogP contribution in [0.5, 0.6) is 0 Å². The van der Waals surface area contributed by atoms with E-state index in [2.05, 4.69) is 15.2 Å². The number of hydrogen-bond donors (Lipinski definition) is 2. The summed E-state index contributed by atoms with van der Waals surface area (Å²) in [6, 6.07) is 7.67. The van der Waals surface area contributed by atoms with Crippen molar-refractivity contribution in [2.75, 3.05) is 13.1 Å². The van der Waals surface area contributed by atoms with Crippen LogP contribution in [0.15, 0.2) is 29.6 Å². The first-order valence-electron chi connectivity index (χ1n) is 9.96. The molecule has 2 heterocycles. The molecule has 0 saturated carbocycles. The summed E-state index contributed by atoms with van der Waals surface area (Å²) in [5, 5.41) is 13.6. The molecule has 1 amide bonds. The molecule has 1 aromatic carbocycles. The average Bonchev–Trinajstić information content (AvgIpc) is 3.14. The lowest BCUT2D eigenvalue weighted by atomic mass is 9.99. The van der Waals surface area contributed by atoms with Gasteiger partial charge < -0.3 is 10.4 Å². The Morgan fingerprint density at radius 3 is 2.37 bits per heavy atom. The molecule has 1 atom stereocenters. The summed E-state index contributed by atoms with van der Waals surface area (Å²) >= 11 is 0.690. The number of hydrogen-bond acceptors (Lipinski definition) is 5. The lowest BCUT2D eigenvalue weighted by Gasteiger charge is -2.28. The van der Waals surface area contributed by atoms with Crippen molar-refractivity contribution in [2.24, 2.45) is 0 Å². The zero-order valence-electron chi connectivity index (χ0n) is 16.8. The summed E-state index contributed by atoms with van der Waals surface area (Å²) in [4.78, 5) is 18.3. The molecule has 1 fully saturated rings. The fourth-order valence-corrected chi connectivity index (χ4v) is 4.39. The van der Waals surface area contributed by atoms with E-state index in [0.717, 1.165) is 30.8 Å². The molecule has 0 aliphatic carbocycles. The standard InChI is InChI=1S/C21H26F3N3O2S/c1-15-14-30-19(26-15)20(29,21(22,23)24)11-18(28)25-12-16-5-7-17(8-6-16)13-27-9-3-2-4-10-27/h5-8,14,29H,2-4,9-13H2,1H3,(H,25,28). The SMILES string of the molecule is Cc1csc(C(O)(CC(=O)NCc2ccc(CN3CCCCC3)cc2)C(F)(F)F)n1. The van der Waals surface area contributed by atoms with Gasteiger partial charge in [-0.25, -0.2) is 4.98 Å². The molecule has 164 valence electrons. The van der Waals surface area contributed by atoms with E-state index < -0.39 is 29.1 Å². The monoisotopic (exact) mass is 441 g/mol. The fraction of sp³-hybridized carbons (Fsp3) is 0.524. The molecule has 5 nitrogen and oxygen atoms in total. The number of benzene rings is 1. The molecule has 1 saturated heterocycles. The number of aliphatic hydroxyl groups is 1. The highest BCUT2D eigenvalue weighted by Crippen LogP contribution is 2.42. The van der Waals surface area contributed by atoms with Crippen LogP contribution in [0.25, 0.3) is 0 Å². The number of carbonyl (C=O) groups is 1. The average molecular weight is 442 g/mol. The van der Waals surface area contributed by atoms with Crippen molar-refractivity contribution in [3.8, 4) is 0 Å². The number of aromatic nitrogens is 1. The van der Waals surface area contributed by atoms with Crippen LogP contribution in [0, 0.1) is 6.92 Å². The lowest BCUT2D eigenvalue weighted by Crippen LogP contribution is -2.46. The largest absolute Gasteiger partial charge is 0.424 e. The van der Waals surface area contributed by atoms with Crippen molar-refractivity contribution in [3.63, 3.8) is 0 Å². The van der Waals surface area contributed by atoms with Gasteiger partial charge in [0, 0.05) is 24.2 Å². The van der Waals surface area contributed by atoms with Crippen molar-refractivity contribution >= 4 is 17.2 Å². The first-order chi connectivity index (χ1) is 14.2. The third-order valence-corrected chi connectivity index (χ3v) is 6.34. The van der Waals surface area contributed by atoms with E-state index in [1.165, 1.54) is 31.6 Å². The second-order valence-electron chi connectivity index (χ2n) is 7.76. The molecular formula is C21H26F3N3O2S. The number of alkyl halides is 3. The Labute approximate surface area is 177 Å². The molecule has 1 aromatic heterocycles. The first-order valence-corrected chi connectivity index (χ1v) is 10.8. The van der Waals surface area contributed by atoms with E-state index in [0.29, 0.717) is 17.0 Å². The van der Waals surface area contributed by atoms with Crippen LogP contribution < -0.4 is 5.32 Å². The number of halogens is 3. The summed E-state index contributed by atoms with van der Waals surface area (Å²) in [6.07, 6.45) is -2.42. The summed E-state index contributed by atoms with van der Waals surface area (Å²) in [7, 11) is 0. The van der Waals surface area contributed by atoms with Crippen LogP contribution in [0.2, 0.25) is 0 Å². The Balaban J connectivity index is 1.56. The molecular weight excluding hydrogens is 415 g/mol. The maximum Gasteiger partial charge on any atom is 0.424 e. The number of carbonyl (C=O) groups excluding carboxylic acids is 1. The van der Waals surface area contributed by atoms with Gasteiger partial charge in [-0.15, -0.1) is 11.3 Å². The summed E-state index contributed by atoms with van der Waals surface area (Å²) in [6.45, 7) is 4.69. The predicted molar refractivity (Wildman–Crippen MR) is 109 cm³/mol. The van der Waals surface area contributed by atoms with Crippen molar-refractivity contribution in [2.45, 2.75) is 57.5 Å². The Hall–Kier alpha value is -1.97. The minimum Gasteiger partial charge on any atom is -0.374 e. The molecule has 0 bridgehead atoms. The van der Waals surface area contributed by atoms with Gasteiger partial charge in [0.25, 0.3) is 0 Å². The number of piperidine rings is 1. The molecule has 9 heteroatoms. The molecule has 3 rings (SSSR count). The molecule has 30 heavy (non-hydrogen) atoms. The Kier molecular flexibility index (Phi) is 7.15. The van der Waals surface area contributed by atoms with Gasteiger partial charge in [-0.3, -0.25) is 9.69 Å². The molecule has 2 N–H and O–H groups in total. The summed E-state index contributed by atoms with van der Waals surface area (Å²) in [5.41, 5.74) is -0.986. The molecule has 0 spiro atoms. The number of rotatable bonds is 7. The van der Waals surface area contributed by atoms with Crippen molar-refractivity contribution in [3.05, 3.63) is 51.5 Å². The van der Waals surface area contributed by atoms with Gasteiger partial charge in [0.15, 0.2) is 0 Å². The van der Waals surface area contributed by atoms with Gasteiger partial charge in [-0.05, 0) is 44.0 Å². The molecule has 2 aromatic rings. The Morgan fingerprint density at radius 2 is 1.80 bits per heavy atom. The highest BCUT2D eigenvalue weighted by atomic mass is 32.1. The number of aryl methyl sites for hydroxylation is 1. The molecule has 1 aliphatic heterocycles. The van der Waals surface area contributed by atoms with E-state index in [1.54, 1.807) is 0 Å². The second kappa shape index (κ2) is 9.45. The van der Waals surface area contributed by atoms with Crippen LogP contribution in [-0.4, -0.2) is 40.2 Å². The smallest absolute Gasteiger partial charge is 0.374 e. The zero-order valence-corrected chi connectivity index (χ0v) is 17.7. The van der Waals surface area contributed by atoms with Gasteiger partial charge in [-0.1, -0.05) is 30.7 Å². The van der Waals surface area contributed by atoms with E-state index in [1.807, 2.05) is 24.3 Å². The number of amides is 1. The maximum absolute atomic E-state index is 13.5. The van der Waals surface area contributed by atoms with Gasteiger partial charge in [0.2, 0.25) is 11.5 Å². The fourth-order valence-electron chi connectivity index (χ4n) is 3.47. The van der Waals surface area contributed by atoms with Gasteiger partial charge in [0.1, 0.15) is 5.01 Å². The van der Waals surface area contributed by atoms with Crippen molar-refractivity contribution in [1.29, 1.82) is 0 Å². The highest BCUT2D eigenvalue weighted by Gasteiger charge is 2.58. The van der Waals surface area contributed by atoms with Gasteiger partial charge >= 0.3 is 6.18 Å². The Bertz CT molecular complexity index is 848. The normalized spacial score (nSPS) is 17.5. The molecule has 0 radical (unpaired) electrons. The second-order valence-corrected chi connectivity index (χ2v) is 8.62. The van der Waals surface area contributed by atoms with E-state index in [-0.39, 0.29) is 6.54 Å². The summed E-state index contributed by atoms with van der Waals surface area (Å²) < 4.78 is 40.5. The topological polar surface area (TPSA) is 65.5 Å². The number of nitrogens with one attached hydrogen (secondary N) is 1. The van der Waals surface area contributed by atoms with Crippen LogP contribution in [0.1, 0.15) is 47.5 Å². The predicted octanol–water partition coefficient (Wildman–Crippen LogP) is 3.89. The quantitative estimate of drug-likeness (QED) is 0.684. The van der Waals surface area contributed by atoms with E-state index >= 15 is 0 Å². The van der Waals surface area contributed by atoms with Crippen LogP contribution in [-0.2, 0) is 23.5 Å². The minimum absolute atomic E-state index is 0.0909. The number of nitrogens with zero attached hydrogens (tertiary/aromatic N) is 2. The van der Waals surface area contributed by atoms with Crippen molar-refractivity contribution in [1.82, 2.24) is 15.2 Å². The summed E-state index contributed by atoms with van der Waals surface area (Å²) in [5.74, 6) is -0.889. The lowest BCUT2D eigenvalue weighted by molar-refractivity contribution is -0.267. The number of likely N-dealkylation sites (tertiary alicyclic amines) is 1. The van der Waals surface area contributed by atoms with Crippen LogP contribution in [0.4, 0.5) is 13.2 Å². The Morgan fingerprint density at radius 1 is 1.17 bits per heavy atom. The zero-order chi connectivity index (χ0) is 21.8. The third-order valence-electron chi connectivity index (χ3n) is 5.23. The molecule has 1 aliphatic rings. The number of thiazole rings is 1. The van der Waals surface area contributed by atoms with E-state index in [9.17, 15) is 23.1 Å². The van der Waals surface area contributed by atoms with E-state index in [4.69, 9.17) is 0 Å². The highest BCUT2D eigenvalue weighted by molar-refractivity contribution is 7.09. The van der Waals surface area contributed by atoms with Crippen LogP contribution >= 0.6 is 11.3 Å². The third kappa shape index (κ3) is 5.59.